The fourth-order valence-electron chi connectivity index (χ4n) is 1.81. The van der Waals surface area contributed by atoms with E-state index in [9.17, 15) is 0 Å². The van der Waals surface area contributed by atoms with Crippen molar-refractivity contribution in [3.05, 3.63) is 5.82 Å². The fraction of sp³-hybridized carbons (Fsp3) is 0.800. The van der Waals surface area contributed by atoms with Gasteiger partial charge in [-0.05, 0) is 13.3 Å². The Labute approximate surface area is 94.9 Å². The molecule has 1 N–H and O–H groups in total. The van der Waals surface area contributed by atoms with E-state index in [2.05, 4.69) is 33.4 Å². The number of anilines is 1. The van der Waals surface area contributed by atoms with Crippen LogP contribution >= 0.6 is 11.5 Å². The van der Waals surface area contributed by atoms with Crippen LogP contribution in [0.5, 0.6) is 0 Å². The first-order chi connectivity index (χ1) is 7.31. The van der Waals surface area contributed by atoms with Crippen molar-refractivity contribution in [3.8, 4) is 0 Å². The van der Waals surface area contributed by atoms with E-state index in [1.165, 1.54) is 11.5 Å². The quantitative estimate of drug-likeness (QED) is 0.843. The molecule has 0 aromatic carbocycles. The number of aromatic nitrogens is 2. The van der Waals surface area contributed by atoms with Crippen molar-refractivity contribution in [1.29, 1.82) is 0 Å². The summed E-state index contributed by atoms with van der Waals surface area (Å²) < 4.78 is 4.38. The van der Waals surface area contributed by atoms with E-state index < -0.39 is 0 Å². The summed E-state index contributed by atoms with van der Waals surface area (Å²) in [7, 11) is 0. The molecule has 0 amide bonds. The van der Waals surface area contributed by atoms with Gasteiger partial charge in [0.2, 0.25) is 5.13 Å². The Morgan fingerprint density at radius 3 is 3.20 bits per heavy atom. The predicted octanol–water partition coefficient (Wildman–Crippen LogP) is 1.29. The van der Waals surface area contributed by atoms with Crippen molar-refractivity contribution in [1.82, 2.24) is 14.7 Å². The van der Waals surface area contributed by atoms with Crippen molar-refractivity contribution in [2.24, 2.45) is 0 Å². The zero-order valence-electron chi connectivity index (χ0n) is 9.36. The maximum absolute atomic E-state index is 4.58. The fourth-order valence-corrected chi connectivity index (χ4v) is 2.65. The lowest BCUT2D eigenvalue weighted by atomic mass is 10.2. The number of piperazine rings is 1. The highest BCUT2D eigenvalue weighted by Gasteiger charge is 2.21. The van der Waals surface area contributed by atoms with Crippen molar-refractivity contribution in [2.45, 2.75) is 32.7 Å². The monoisotopic (exact) mass is 226 g/mol. The molecule has 84 valence electrons. The molecule has 0 radical (unpaired) electrons. The predicted molar refractivity (Wildman–Crippen MR) is 63.6 cm³/mol. The Hall–Kier alpha value is -0.680. The van der Waals surface area contributed by atoms with Crippen molar-refractivity contribution >= 4 is 16.7 Å². The van der Waals surface area contributed by atoms with Gasteiger partial charge < -0.3 is 10.2 Å². The van der Waals surface area contributed by atoms with Crippen LogP contribution in [0.3, 0.4) is 0 Å². The largest absolute Gasteiger partial charge is 0.342 e. The lowest BCUT2D eigenvalue weighted by Crippen LogP contribution is -2.49. The summed E-state index contributed by atoms with van der Waals surface area (Å²) in [6, 6.07) is 0.529. The second-order valence-corrected chi connectivity index (χ2v) is 4.72. The van der Waals surface area contributed by atoms with Crippen molar-refractivity contribution < 1.29 is 0 Å². The van der Waals surface area contributed by atoms with Crippen LogP contribution in [0.15, 0.2) is 0 Å². The van der Waals surface area contributed by atoms with E-state index in [0.29, 0.717) is 6.04 Å². The number of hydrogen-bond donors (Lipinski definition) is 1. The average molecular weight is 226 g/mol. The molecule has 1 aromatic rings. The molecule has 2 heterocycles. The highest BCUT2D eigenvalue weighted by molar-refractivity contribution is 7.09. The minimum atomic E-state index is 0.529. The second kappa shape index (κ2) is 4.90. The van der Waals surface area contributed by atoms with Gasteiger partial charge in [-0.25, -0.2) is 4.98 Å². The van der Waals surface area contributed by atoms with Gasteiger partial charge in [-0.15, -0.1) is 0 Å². The maximum Gasteiger partial charge on any atom is 0.205 e. The van der Waals surface area contributed by atoms with Gasteiger partial charge in [-0.1, -0.05) is 6.92 Å². The van der Waals surface area contributed by atoms with Crippen molar-refractivity contribution in [3.63, 3.8) is 0 Å². The maximum atomic E-state index is 4.58. The Morgan fingerprint density at radius 2 is 2.47 bits per heavy atom. The summed E-state index contributed by atoms with van der Waals surface area (Å²) in [4.78, 5) is 6.93. The van der Waals surface area contributed by atoms with Gasteiger partial charge >= 0.3 is 0 Å². The number of nitrogens with one attached hydrogen (secondary N) is 1. The Bertz CT molecular complexity index is 312. The van der Waals surface area contributed by atoms with Crippen LogP contribution in [-0.4, -0.2) is 35.0 Å². The zero-order chi connectivity index (χ0) is 10.7. The Morgan fingerprint density at radius 1 is 1.60 bits per heavy atom. The van der Waals surface area contributed by atoms with Crippen LogP contribution in [0.1, 0.15) is 26.1 Å². The van der Waals surface area contributed by atoms with E-state index in [4.69, 9.17) is 0 Å². The van der Waals surface area contributed by atoms with E-state index in [-0.39, 0.29) is 0 Å². The molecule has 0 spiro atoms. The first-order valence-corrected chi connectivity index (χ1v) is 6.38. The van der Waals surface area contributed by atoms with E-state index in [1.54, 1.807) is 0 Å². The topological polar surface area (TPSA) is 41.1 Å². The van der Waals surface area contributed by atoms with Crippen molar-refractivity contribution in [2.75, 3.05) is 24.5 Å². The third kappa shape index (κ3) is 2.46. The molecule has 0 bridgehead atoms. The Balaban J connectivity index is 2.06. The number of aryl methyl sites for hydroxylation is 1. The molecule has 1 saturated heterocycles. The molecule has 1 fully saturated rings. The molecule has 0 saturated carbocycles. The summed E-state index contributed by atoms with van der Waals surface area (Å²) in [6.07, 6.45) is 2.12. The van der Waals surface area contributed by atoms with Gasteiger partial charge in [-0.3, -0.25) is 0 Å². The first kappa shape index (κ1) is 10.8. The Kier molecular flexibility index (Phi) is 3.53. The SMILES string of the molecule is CCCc1nsc(N2CCNCC2C)n1. The van der Waals surface area contributed by atoms with E-state index in [0.717, 1.165) is 43.4 Å². The molecule has 1 unspecified atom stereocenters. The molecule has 1 atom stereocenters. The third-order valence-corrected chi connectivity index (χ3v) is 3.47. The van der Waals surface area contributed by atoms with Crippen LogP contribution < -0.4 is 10.2 Å². The van der Waals surface area contributed by atoms with Crippen LogP contribution in [0.25, 0.3) is 0 Å². The summed E-state index contributed by atoms with van der Waals surface area (Å²) in [6.45, 7) is 7.53. The zero-order valence-corrected chi connectivity index (χ0v) is 10.2. The highest BCUT2D eigenvalue weighted by atomic mass is 32.1. The lowest BCUT2D eigenvalue weighted by Gasteiger charge is -2.33. The molecule has 1 aliphatic rings. The van der Waals surface area contributed by atoms with E-state index in [1.807, 2.05) is 0 Å². The second-order valence-electron chi connectivity index (χ2n) is 3.99. The summed E-state index contributed by atoms with van der Waals surface area (Å²) in [5.74, 6) is 1.00. The van der Waals surface area contributed by atoms with Gasteiger partial charge in [-0.2, -0.15) is 4.37 Å². The molecular formula is C10H18N4S. The molecule has 0 aliphatic carbocycles. The minimum Gasteiger partial charge on any atom is -0.342 e. The van der Waals surface area contributed by atoms with Gasteiger partial charge in [0.1, 0.15) is 5.82 Å². The average Bonchev–Trinajstić information content (AvgIpc) is 2.68. The highest BCUT2D eigenvalue weighted by Crippen LogP contribution is 2.20. The third-order valence-electron chi connectivity index (χ3n) is 2.68. The number of nitrogens with zero attached hydrogens (tertiary/aromatic N) is 3. The minimum absolute atomic E-state index is 0.529. The molecule has 1 aromatic heterocycles. The van der Waals surface area contributed by atoms with E-state index >= 15 is 0 Å². The van der Waals surface area contributed by atoms with Gasteiger partial charge in [0.05, 0.1) is 0 Å². The summed E-state index contributed by atoms with van der Waals surface area (Å²) >= 11 is 1.54. The summed E-state index contributed by atoms with van der Waals surface area (Å²) in [5, 5.41) is 4.47. The molecular weight excluding hydrogens is 208 g/mol. The van der Waals surface area contributed by atoms with Crippen LogP contribution in [0.4, 0.5) is 5.13 Å². The molecule has 1 aliphatic heterocycles. The molecule has 2 rings (SSSR count). The normalized spacial score (nSPS) is 22.0. The van der Waals surface area contributed by atoms with Crippen LogP contribution in [0.2, 0.25) is 0 Å². The van der Waals surface area contributed by atoms with Gasteiger partial charge in [0, 0.05) is 43.6 Å². The molecule has 5 heteroatoms. The smallest absolute Gasteiger partial charge is 0.205 e. The summed E-state index contributed by atoms with van der Waals surface area (Å²) in [5.41, 5.74) is 0. The number of hydrogen-bond acceptors (Lipinski definition) is 5. The number of rotatable bonds is 3. The standard InChI is InChI=1S/C10H18N4S/c1-3-4-9-12-10(15-13-9)14-6-5-11-7-8(14)2/h8,11H,3-7H2,1-2H3. The van der Waals surface area contributed by atoms with Gasteiger partial charge in [0.15, 0.2) is 0 Å². The first-order valence-electron chi connectivity index (χ1n) is 5.61. The lowest BCUT2D eigenvalue weighted by molar-refractivity contribution is 0.500. The van der Waals surface area contributed by atoms with Crippen LogP contribution in [0, 0.1) is 0 Å². The van der Waals surface area contributed by atoms with Crippen LogP contribution in [-0.2, 0) is 6.42 Å². The molecule has 4 nitrogen and oxygen atoms in total. The van der Waals surface area contributed by atoms with Gasteiger partial charge in [0.25, 0.3) is 0 Å². The molecule has 15 heavy (non-hydrogen) atoms.